The standard InChI is InChI=1S/C19H22N4O2/c1-13-10-19(22-9-3-4-15(24)12-22)23-18(20-13)11-17(21-23)14-5-7-16(25-2)8-6-14/h5-8,10-11,15,24H,3-4,9,12H2,1-2H3. The summed E-state index contributed by atoms with van der Waals surface area (Å²) in [7, 11) is 1.66. The van der Waals surface area contributed by atoms with Crippen LogP contribution in [0.25, 0.3) is 16.9 Å². The van der Waals surface area contributed by atoms with Crippen LogP contribution in [0.1, 0.15) is 18.5 Å². The zero-order chi connectivity index (χ0) is 17.4. The van der Waals surface area contributed by atoms with Crippen molar-refractivity contribution >= 4 is 11.5 Å². The van der Waals surface area contributed by atoms with Gasteiger partial charge in [0.1, 0.15) is 11.6 Å². The van der Waals surface area contributed by atoms with Crippen LogP contribution in [0.5, 0.6) is 5.75 Å². The van der Waals surface area contributed by atoms with E-state index >= 15 is 0 Å². The Morgan fingerprint density at radius 3 is 2.72 bits per heavy atom. The third-order valence-electron chi connectivity index (χ3n) is 4.64. The zero-order valence-corrected chi connectivity index (χ0v) is 14.5. The lowest BCUT2D eigenvalue weighted by Crippen LogP contribution is -2.39. The molecule has 6 heteroatoms. The molecule has 1 unspecified atom stereocenters. The predicted molar refractivity (Wildman–Crippen MR) is 97.2 cm³/mol. The minimum Gasteiger partial charge on any atom is -0.497 e. The van der Waals surface area contributed by atoms with Crippen LogP contribution in [0.15, 0.2) is 36.4 Å². The fourth-order valence-corrected chi connectivity index (χ4v) is 3.37. The van der Waals surface area contributed by atoms with Gasteiger partial charge in [0.25, 0.3) is 0 Å². The first-order valence-electron chi connectivity index (χ1n) is 8.59. The summed E-state index contributed by atoms with van der Waals surface area (Å²) in [5.74, 6) is 1.81. The highest BCUT2D eigenvalue weighted by Gasteiger charge is 2.21. The Morgan fingerprint density at radius 1 is 1.20 bits per heavy atom. The number of anilines is 1. The van der Waals surface area contributed by atoms with E-state index in [2.05, 4.69) is 9.88 Å². The number of aliphatic hydroxyl groups excluding tert-OH is 1. The van der Waals surface area contributed by atoms with Crippen molar-refractivity contribution in [1.29, 1.82) is 0 Å². The monoisotopic (exact) mass is 338 g/mol. The van der Waals surface area contributed by atoms with Crippen LogP contribution >= 0.6 is 0 Å². The number of fused-ring (bicyclic) bond motifs is 1. The van der Waals surface area contributed by atoms with Crippen LogP contribution in [-0.4, -0.2) is 46.0 Å². The number of rotatable bonds is 3. The van der Waals surface area contributed by atoms with Crippen molar-refractivity contribution in [2.24, 2.45) is 0 Å². The second-order valence-electron chi connectivity index (χ2n) is 6.53. The van der Waals surface area contributed by atoms with Crippen molar-refractivity contribution in [3.63, 3.8) is 0 Å². The molecule has 25 heavy (non-hydrogen) atoms. The number of β-amino-alcohol motifs (C(OH)–C–C–N with tert-alkyl or cyclic N) is 1. The van der Waals surface area contributed by atoms with Gasteiger partial charge in [0.05, 0.1) is 18.9 Å². The quantitative estimate of drug-likeness (QED) is 0.795. The molecule has 1 saturated heterocycles. The summed E-state index contributed by atoms with van der Waals surface area (Å²) < 4.78 is 7.10. The van der Waals surface area contributed by atoms with Crippen LogP contribution in [0.3, 0.4) is 0 Å². The average molecular weight is 338 g/mol. The molecule has 0 aliphatic carbocycles. The molecule has 130 valence electrons. The lowest BCUT2D eigenvalue weighted by molar-refractivity contribution is 0.153. The fourth-order valence-electron chi connectivity index (χ4n) is 3.37. The molecule has 1 N–H and O–H groups in total. The van der Waals surface area contributed by atoms with Gasteiger partial charge in [-0.15, -0.1) is 0 Å². The molecule has 1 atom stereocenters. The van der Waals surface area contributed by atoms with E-state index in [4.69, 9.17) is 9.84 Å². The molecule has 6 nitrogen and oxygen atoms in total. The second-order valence-corrected chi connectivity index (χ2v) is 6.53. The lowest BCUT2D eigenvalue weighted by Gasteiger charge is -2.32. The molecule has 0 amide bonds. The maximum absolute atomic E-state index is 10.0. The first-order valence-corrected chi connectivity index (χ1v) is 8.59. The van der Waals surface area contributed by atoms with Crippen LogP contribution < -0.4 is 9.64 Å². The number of aromatic nitrogens is 3. The maximum Gasteiger partial charge on any atom is 0.158 e. The number of aliphatic hydroxyl groups is 1. The van der Waals surface area contributed by atoms with Crippen LogP contribution in [0, 0.1) is 6.92 Å². The smallest absolute Gasteiger partial charge is 0.158 e. The van der Waals surface area contributed by atoms with Gasteiger partial charge in [0, 0.05) is 36.5 Å². The summed E-state index contributed by atoms with van der Waals surface area (Å²) >= 11 is 0. The van der Waals surface area contributed by atoms with Gasteiger partial charge in [0.15, 0.2) is 5.65 Å². The molecule has 0 spiro atoms. The molecule has 4 rings (SSSR count). The van der Waals surface area contributed by atoms with Gasteiger partial charge in [-0.2, -0.15) is 9.61 Å². The number of benzene rings is 1. The van der Waals surface area contributed by atoms with E-state index in [0.29, 0.717) is 6.54 Å². The number of methoxy groups -OCH3 is 1. The average Bonchev–Trinajstić information content (AvgIpc) is 3.05. The molecule has 0 bridgehead atoms. The Labute approximate surface area is 146 Å². The van der Waals surface area contributed by atoms with E-state index in [1.54, 1.807) is 7.11 Å². The maximum atomic E-state index is 10.0. The summed E-state index contributed by atoms with van der Waals surface area (Å²) in [6.45, 7) is 3.55. The van der Waals surface area contributed by atoms with E-state index in [-0.39, 0.29) is 6.10 Å². The summed E-state index contributed by atoms with van der Waals surface area (Å²) in [6, 6.07) is 11.9. The Kier molecular flexibility index (Phi) is 4.05. The minimum absolute atomic E-state index is 0.283. The Morgan fingerprint density at radius 2 is 2.00 bits per heavy atom. The summed E-state index contributed by atoms with van der Waals surface area (Å²) in [4.78, 5) is 6.81. The lowest BCUT2D eigenvalue weighted by atomic mass is 10.1. The third-order valence-corrected chi connectivity index (χ3v) is 4.64. The number of ether oxygens (including phenoxy) is 1. The van der Waals surface area contributed by atoms with Gasteiger partial charge in [-0.05, 0) is 44.0 Å². The minimum atomic E-state index is -0.283. The summed E-state index contributed by atoms with van der Waals surface area (Å²) in [6.07, 6.45) is 1.56. The molecule has 2 aromatic heterocycles. The van der Waals surface area contributed by atoms with Gasteiger partial charge >= 0.3 is 0 Å². The Bertz CT molecular complexity index is 888. The topological polar surface area (TPSA) is 62.9 Å². The summed E-state index contributed by atoms with van der Waals surface area (Å²) in [5, 5.41) is 14.8. The van der Waals surface area contributed by atoms with Crippen LogP contribution in [-0.2, 0) is 0 Å². The van der Waals surface area contributed by atoms with Crippen molar-refractivity contribution < 1.29 is 9.84 Å². The van der Waals surface area contributed by atoms with Gasteiger partial charge in [-0.3, -0.25) is 0 Å². The molecule has 1 aromatic carbocycles. The SMILES string of the molecule is COc1ccc(-c2cc3nc(C)cc(N4CCCC(O)C4)n3n2)cc1. The van der Waals surface area contributed by atoms with Gasteiger partial charge in [-0.1, -0.05) is 0 Å². The Hall–Kier alpha value is -2.60. The molecule has 1 fully saturated rings. The molecule has 0 saturated carbocycles. The highest BCUT2D eigenvalue weighted by Crippen LogP contribution is 2.26. The number of piperidine rings is 1. The molecule has 3 aromatic rings. The van der Waals surface area contributed by atoms with Crippen molar-refractivity contribution in [2.45, 2.75) is 25.9 Å². The number of nitrogens with zero attached hydrogens (tertiary/aromatic N) is 4. The molecular formula is C19H22N4O2. The highest BCUT2D eigenvalue weighted by atomic mass is 16.5. The van der Waals surface area contributed by atoms with Gasteiger partial charge < -0.3 is 14.7 Å². The molecule has 1 aliphatic heterocycles. The third kappa shape index (κ3) is 3.05. The van der Waals surface area contributed by atoms with E-state index in [1.165, 1.54) is 0 Å². The first kappa shape index (κ1) is 15.9. The first-order chi connectivity index (χ1) is 12.1. The van der Waals surface area contributed by atoms with E-state index in [1.807, 2.05) is 47.8 Å². The molecule has 0 radical (unpaired) electrons. The normalized spacial score (nSPS) is 17.9. The molecular weight excluding hydrogens is 316 g/mol. The fraction of sp³-hybridized carbons (Fsp3) is 0.368. The van der Waals surface area contributed by atoms with Crippen molar-refractivity contribution in [3.8, 4) is 17.0 Å². The van der Waals surface area contributed by atoms with Crippen molar-refractivity contribution in [2.75, 3.05) is 25.1 Å². The van der Waals surface area contributed by atoms with E-state index in [0.717, 1.165) is 53.6 Å². The summed E-state index contributed by atoms with van der Waals surface area (Å²) in [5.41, 5.74) is 3.66. The van der Waals surface area contributed by atoms with Gasteiger partial charge in [0.2, 0.25) is 0 Å². The number of hydrogen-bond donors (Lipinski definition) is 1. The van der Waals surface area contributed by atoms with Crippen LogP contribution in [0.4, 0.5) is 5.82 Å². The zero-order valence-electron chi connectivity index (χ0n) is 14.5. The number of aryl methyl sites for hydroxylation is 1. The number of hydrogen-bond acceptors (Lipinski definition) is 5. The Balaban J connectivity index is 1.77. The van der Waals surface area contributed by atoms with Gasteiger partial charge in [-0.25, -0.2) is 4.98 Å². The largest absolute Gasteiger partial charge is 0.497 e. The van der Waals surface area contributed by atoms with Crippen LogP contribution in [0.2, 0.25) is 0 Å². The van der Waals surface area contributed by atoms with Crippen molar-refractivity contribution in [3.05, 3.63) is 42.1 Å². The molecule has 1 aliphatic rings. The van der Waals surface area contributed by atoms with Crippen molar-refractivity contribution in [1.82, 2.24) is 14.6 Å². The predicted octanol–water partition coefficient (Wildman–Crippen LogP) is 2.67. The molecule has 3 heterocycles. The second kappa shape index (κ2) is 6.37. The highest BCUT2D eigenvalue weighted by molar-refractivity contribution is 5.66. The van der Waals surface area contributed by atoms with E-state index < -0.39 is 0 Å². The van der Waals surface area contributed by atoms with E-state index in [9.17, 15) is 5.11 Å².